The van der Waals surface area contributed by atoms with Crippen LogP contribution in [0.5, 0.6) is 11.5 Å². The lowest BCUT2D eigenvalue weighted by atomic mass is 10.1. The van der Waals surface area contributed by atoms with E-state index in [1.165, 1.54) is 35.4 Å². The average Bonchev–Trinajstić information content (AvgIpc) is 3.40. The molecule has 0 atom stereocenters. The maximum Gasteiger partial charge on any atom is 0.573 e. The Labute approximate surface area is 190 Å². The fraction of sp³-hybridized carbons (Fsp3) is 0.200. The van der Waals surface area contributed by atoms with E-state index < -0.39 is 22.1 Å². The number of hydrogen-bond donors (Lipinski definition) is 1. The van der Waals surface area contributed by atoms with Gasteiger partial charge in [-0.05, 0) is 47.5 Å². The number of anilines is 1. The molecule has 8 nitrogen and oxygen atoms in total. The molecular weight excluding hydrogens is 483 g/mol. The van der Waals surface area contributed by atoms with Gasteiger partial charge >= 0.3 is 6.36 Å². The summed E-state index contributed by atoms with van der Waals surface area (Å²) in [6, 6.07) is 9.32. The number of amides is 1. The molecule has 0 spiro atoms. The van der Waals surface area contributed by atoms with E-state index >= 15 is 0 Å². The quantitative estimate of drug-likeness (QED) is 0.532. The van der Waals surface area contributed by atoms with Crippen molar-refractivity contribution in [1.82, 2.24) is 9.88 Å². The monoisotopic (exact) mass is 499 g/mol. The molecule has 13 heteroatoms. The molecule has 4 rings (SSSR count). The number of sulfonamides is 1. The lowest BCUT2D eigenvalue weighted by molar-refractivity contribution is -0.274. The molecule has 0 unspecified atom stereocenters. The molecule has 2 aromatic carbocycles. The van der Waals surface area contributed by atoms with Gasteiger partial charge in [-0.2, -0.15) is 0 Å². The number of halogens is 3. The minimum absolute atomic E-state index is 0.0585. The largest absolute Gasteiger partial charge is 0.573 e. The van der Waals surface area contributed by atoms with Gasteiger partial charge in [0.05, 0.1) is 4.90 Å². The molecule has 0 saturated carbocycles. The Morgan fingerprint density at radius 2 is 1.79 bits per heavy atom. The molecule has 33 heavy (non-hydrogen) atoms. The molecule has 0 bridgehead atoms. The van der Waals surface area contributed by atoms with Crippen molar-refractivity contribution in [1.29, 1.82) is 0 Å². The predicted molar refractivity (Wildman–Crippen MR) is 112 cm³/mol. The van der Waals surface area contributed by atoms with Gasteiger partial charge in [-0.1, -0.05) is 6.07 Å². The van der Waals surface area contributed by atoms with Crippen LogP contribution in [0.4, 0.5) is 18.3 Å². The highest BCUT2D eigenvalue weighted by atomic mass is 32.2. The summed E-state index contributed by atoms with van der Waals surface area (Å²) in [4.78, 5) is 18.0. The first-order valence-corrected chi connectivity index (χ1v) is 11.8. The van der Waals surface area contributed by atoms with Gasteiger partial charge in [0.15, 0.2) is 11.7 Å². The number of nitrogens with zero attached hydrogens (tertiary/aromatic N) is 2. The molecule has 3 aromatic rings. The Hall–Kier alpha value is -3.32. The number of carbonyl (C=O) groups is 1. The Morgan fingerprint density at radius 1 is 1.09 bits per heavy atom. The van der Waals surface area contributed by atoms with Gasteiger partial charge in [0.1, 0.15) is 11.5 Å². The van der Waals surface area contributed by atoms with Crippen LogP contribution in [-0.2, 0) is 27.9 Å². The van der Waals surface area contributed by atoms with E-state index in [1.54, 1.807) is 11.4 Å². The second-order valence-electron chi connectivity index (χ2n) is 6.93. The van der Waals surface area contributed by atoms with Crippen LogP contribution in [0.15, 0.2) is 58.9 Å². The minimum atomic E-state index is -4.79. The van der Waals surface area contributed by atoms with Crippen molar-refractivity contribution in [3.05, 3.63) is 65.2 Å². The van der Waals surface area contributed by atoms with Crippen molar-refractivity contribution in [3.8, 4) is 11.5 Å². The minimum Gasteiger partial charge on any atom is -0.484 e. The molecule has 0 radical (unpaired) electrons. The first kappa shape index (κ1) is 22.9. The standard InChI is InChI=1S/C20H16F3N3O5S2/c21-20(22,23)31-16-4-2-15(3-5-16)30-12-18(27)26-10-13-1-6-17(9-14(13)11-26)33(28,29)25-19-24-7-8-32-19/h1-9H,10-12H2,(H,24,25). The molecule has 1 aliphatic rings. The van der Waals surface area contributed by atoms with Crippen LogP contribution in [0.3, 0.4) is 0 Å². The number of alkyl halides is 3. The maximum atomic E-state index is 12.6. The van der Waals surface area contributed by atoms with Gasteiger partial charge in [-0.25, -0.2) is 13.4 Å². The van der Waals surface area contributed by atoms with Crippen molar-refractivity contribution < 1.29 is 35.9 Å². The average molecular weight is 499 g/mol. The highest BCUT2D eigenvalue weighted by molar-refractivity contribution is 7.93. The van der Waals surface area contributed by atoms with Crippen molar-refractivity contribution in [3.63, 3.8) is 0 Å². The topological polar surface area (TPSA) is 97.8 Å². The van der Waals surface area contributed by atoms with E-state index in [2.05, 4.69) is 14.4 Å². The van der Waals surface area contributed by atoms with Crippen LogP contribution in [-0.4, -0.2) is 37.2 Å². The summed E-state index contributed by atoms with van der Waals surface area (Å²) in [6.07, 6.45) is -3.30. The van der Waals surface area contributed by atoms with Gasteiger partial charge < -0.3 is 14.4 Å². The van der Waals surface area contributed by atoms with E-state index in [0.717, 1.165) is 29.0 Å². The molecule has 1 N–H and O–H groups in total. The SMILES string of the molecule is O=C(COc1ccc(OC(F)(F)F)cc1)N1Cc2ccc(S(=O)(=O)Nc3nccs3)cc2C1. The van der Waals surface area contributed by atoms with Gasteiger partial charge in [-0.3, -0.25) is 9.52 Å². The van der Waals surface area contributed by atoms with Crippen LogP contribution in [0.2, 0.25) is 0 Å². The van der Waals surface area contributed by atoms with E-state index in [-0.39, 0.29) is 41.4 Å². The molecule has 174 valence electrons. The lowest BCUT2D eigenvalue weighted by Gasteiger charge is -2.16. The highest BCUT2D eigenvalue weighted by Gasteiger charge is 2.31. The summed E-state index contributed by atoms with van der Waals surface area (Å²) in [5.74, 6) is -0.547. The number of thiazole rings is 1. The molecule has 0 saturated heterocycles. The van der Waals surface area contributed by atoms with Gasteiger partial charge in [0.25, 0.3) is 15.9 Å². The van der Waals surface area contributed by atoms with E-state index in [9.17, 15) is 26.4 Å². The lowest BCUT2D eigenvalue weighted by Crippen LogP contribution is -2.30. The summed E-state index contributed by atoms with van der Waals surface area (Å²) in [7, 11) is -3.81. The zero-order valence-corrected chi connectivity index (χ0v) is 18.3. The van der Waals surface area contributed by atoms with Gasteiger partial charge in [0.2, 0.25) is 0 Å². The Balaban J connectivity index is 1.35. The van der Waals surface area contributed by atoms with E-state index in [1.807, 2.05) is 0 Å². The summed E-state index contributed by atoms with van der Waals surface area (Å²) in [5, 5.41) is 1.90. The summed E-state index contributed by atoms with van der Waals surface area (Å²) >= 11 is 1.16. The van der Waals surface area contributed by atoms with Crippen LogP contribution in [0.1, 0.15) is 11.1 Å². The molecule has 1 aliphatic heterocycles. The van der Waals surface area contributed by atoms with E-state index in [0.29, 0.717) is 5.56 Å². The number of rotatable bonds is 7. The van der Waals surface area contributed by atoms with Crippen molar-refractivity contribution in [2.24, 2.45) is 0 Å². The fourth-order valence-corrected chi connectivity index (χ4v) is 4.97. The first-order valence-electron chi connectivity index (χ1n) is 9.39. The Morgan fingerprint density at radius 3 is 2.45 bits per heavy atom. The zero-order chi connectivity index (χ0) is 23.6. The van der Waals surface area contributed by atoms with Crippen molar-refractivity contribution in [2.45, 2.75) is 24.3 Å². The number of benzene rings is 2. The molecule has 1 amide bonds. The molecule has 0 fully saturated rings. The van der Waals surface area contributed by atoms with Crippen molar-refractivity contribution >= 4 is 32.4 Å². The number of carbonyl (C=O) groups excluding carboxylic acids is 1. The Kier molecular flexibility index (Phi) is 6.17. The third kappa shape index (κ3) is 5.73. The fourth-order valence-electron chi connectivity index (χ4n) is 3.14. The molecule has 1 aromatic heterocycles. The second kappa shape index (κ2) is 8.90. The van der Waals surface area contributed by atoms with E-state index in [4.69, 9.17) is 4.74 Å². The summed E-state index contributed by atoms with van der Waals surface area (Å²) < 4.78 is 73.3. The number of ether oxygens (including phenoxy) is 2. The van der Waals surface area contributed by atoms with Crippen LogP contribution >= 0.6 is 11.3 Å². The number of hydrogen-bond acceptors (Lipinski definition) is 7. The van der Waals surface area contributed by atoms with Crippen LogP contribution < -0.4 is 14.2 Å². The van der Waals surface area contributed by atoms with Gasteiger partial charge in [-0.15, -0.1) is 24.5 Å². The molecule has 0 aliphatic carbocycles. The maximum absolute atomic E-state index is 12.6. The molecular formula is C20H16F3N3O5S2. The van der Waals surface area contributed by atoms with Crippen LogP contribution in [0.25, 0.3) is 0 Å². The second-order valence-corrected chi connectivity index (χ2v) is 9.51. The van der Waals surface area contributed by atoms with Crippen molar-refractivity contribution in [2.75, 3.05) is 11.3 Å². The normalized spacial score (nSPS) is 13.5. The third-order valence-electron chi connectivity index (χ3n) is 4.64. The summed E-state index contributed by atoms with van der Waals surface area (Å²) in [6.45, 7) is 0.164. The highest BCUT2D eigenvalue weighted by Crippen LogP contribution is 2.28. The third-order valence-corrected chi connectivity index (χ3v) is 6.79. The number of nitrogens with one attached hydrogen (secondary N) is 1. The van der Waals surface area contributed by atoms with Gasteiger partial charge in [0, 0.05) is 24.7 Å². The Bertz CT molecular complexity index is 1250. The zero-order valence-electron chi connectivity index (χ0n) is 16.7. The smallest absolute Gasteiger partial charge is 0.484 e. The molecule has 2 heterocycles. The van der Waals surface area contributed by atoms with Crippen LogP contribution in [0, 0.1) is 0 Å². The summed E-state index contributed by atoms with van der Waals surface area (Å²) in [5.41, 5.74) is 1.50. The number of aromatic nitrogens is 1. The number of fused-ring (bicyclic) bond motifs is 1. The first-order chi connectivity index (χ1) is 15.6. The predicted octanol–water partition coefficient (Wildman–Crippen LogP) is 3.76.